The highest BCUT2D eigenvalue weighted by Gasteiger charge is 2.36. The molecule has 14 heteroatoms. The van der Waals surface area contributed by atoms with Gasteiger partial charge < -0.3 is 36.8 Å². The van der Waals surface area contributed by atoms with E-state index in [1.165, 1.54) is 26.2 Å². The van der Waals surface area contributed by atoms with Crippen molar-refractivity contribution in [2.75, 3.05) is 0 Å². The Hall–Kier alpha value is -3.88. The van der Waals surface area contributed by atoms with Gasteiger partial charge in [-0.1, -0.05) is 50.6 Å². The van der Waals surface area contributed by atoms with E-state index in [1.807, 2.05) is 13.8 Å². The van der Waals surface area contributed by atoms with E-state index >= 15 is 0 Å². The summed E-state index contributed by atoms with van der Waals surface area (Å²) in [6, 6.07) is 2.94. The van der Waals surface area contributed by atoms with Gasteiger partial charge in [-0.2, -0.15) is 0 Å². The Morgan fingerprint density at radius 1 is 0.791 bits per heavy atom. The van der Waals surface area contributed by atoms with Crippen molar-refractivity contribution in [3.63, 3.8) is 0 Å². The minimum absolute atomic E-state index is 0.0108. The van der Waals surface area contributed by atoms with Crippen molar-refractivity contribution >= 4 is 40.9 Å². The van der Waals surface area contributed by atoms with Crippen molar-refractivity contribution < 1.29 is 34.2 Å². The van der Waals surface area contributed by atoms with Crippen molar-refractivity contribution in [2.24, 2.45) is 5.92 Å². The van der Waals surface area contributed by atoms with Gasteiger partial charge in [-0.15, -0.1) is 11.3 Å². The molecule has 0 saturated heterocycles. The number of nitrogens with one attached hydrogen (secondary N) is 5. The Balaban J connectivity index is 2.05. The van der Waals surface area contributed by atoms with Gasteiger partial charge in [-0.05, 0) is 32.3 Å². The number of amides is 5. The van der Waals surface area contributed by atoms with Crippen LogP contribution in [0.5, 0.6) is 0 Å². The van der Waals surface area contributed by atoms with E-state index in [0.717, 1.165) is 11.3 Å². The minimum atomic E-state index is -1.48. The topological polar surface area (TPSA) is 199 Å². The zero-order chi connectivity index (χ0) is 31.8. The molecule has 43 heavy (non-hydrogen) atoms. The van der Waals surface area contributed by atoms with Crippen molar-refractivity contribution in [3.8, 4) is 0 Å². The van der Waals surface area contributed by atoms with E-state index in [0.29, 0.717) is 17.0 Å². The van der Waals surface area contributed by atoms with Crippen LogP contribution in [0.2, 0.25) is 0 Å². The van der Waals surface area contributed by atoms with Crippen LogP contribution in [0.1, 0.15) is 68.1 Å². The molecule has 7 N–H and O–H groups in total. The zero-order valence-corrected chi connectivity index (χ0v) is 25.6. The standard InChI is InChI=1S/C29H40N6O7S/c1-6-14(2)21-29-32-20(13-43-29)26(40)30-15(3)24(38)34-22(16(4)36)27(41)31-19(12-18-10-8-7-9-11-18)25(39)35-23(17(5)37)28(42)33-21/h7-11,13-17,19,21-23,36-37H,6,12H2,1-5H3,(H,30,40)(H,31,41)(H,33,42)(H,34,38)(H,35,39)/t14-,15-,16+,17+,19-,21-,22+,23+/m0/s1. The summed E-state index contributed by atoms with van der Waals surface area (Å²) in [6.07, 6.45) is -2.03. The summed E-state index contributed by atoms with van der Waals surface area (Å²) in [5.74, 6) is -3.81. The summed E-state index contributed by atoms with van der Waals surface area (Å²) in [6.45, 7) is 7.88. The third-order valence-corrected chi connectivity index (χ3v) is 8.24. The molecule has 3 rings (SSSR count). The summed E-state index contributed by atoms with van der Waals surface area (Å²) < 4.78 is 0. The average molecular weight is 617 g/mol. The third kappa shape index (κ3) is 8.81. The molecule has 0 fully saturated rings. The molecular formula is C29H40N6O7S. The molecule has 1 aromatic heterocycles. The van der Waals surface area contributed by atoms with Gasteiger partial charge >= 0.3 is 0 Å². The fraction of sp³-hybridized carbons (Fsp3) is 0.517. The van der Waals surface area contributed by atoms with Gasteiger partial charge in [-0.3, -0.25) is 24.0 Å². The number of rotatable bonds is 6. The Bertz CT molecular complexity index is 1300. The molecule has 2 bridgehead atoms. The molecule has 13 nitrogen and oxygen atoms in total. The second-order valence-electron chi connectivity index (χ2n) is 10.8. The minimum Gasteiger partial charge on any atom is -0.391 e. The van der Waals surface area contributed by atoms with Crippen molar-refractivity contribution in [2.45, 2.75) is 89.9 Å². The maximum Gasteiger partial charge on any atom is 0.271 e. The molecule has 0 saturated carbocycles. The zero-order valence-electron chi connectivity index (χ0n) is 24.8. The quantitative estimate of drug-likeness (QED) is 0.234. The Labute approximate surface area is 254 Å². The molecular weight excluding hydrogens is 576 g/mol. The maximum absolute atomic E-state index is 13.6. The number of aliphatic hydroxyl groups excluding tert-OH is 2. The lowest BCUT2D eigenvalue weighted by Gasteiger charge is -2.29. The highest BCUT2D eigenvalue weighted by Crippen LogP contribution is 2.27. The number of carbonyl (C=O) groups excluding carboxylic acids is 5. The molecule has 0 unspecified atom stereocenters. The summed E-state index contributed by atoms with van der Waals surface area (Å²) in [5, 5.41) is 35.8. The number of thiazole rings is 1. The SMILES string of the molecule is CC[C@H](C)[C@@H]1NC(=O)[C@@H]([C@@H](C)O)NC(=O)[C@H](Cc2ccccc2)NC(=O)[C@@H]([C@@H](C)O)NC(=O)[C@H](C)NC(=O)c2csc1n2. The first-order chi connectivity index (χ1) is 20.3. The third-order valence-electron chi connectivity index (χ3n) is 7.31. The molecule has 2 heterocycles. The fourth-order valence-electron chi connectivity index (χ4n) is 4.46. The predicted octanol–water partition coefficient (Wildman–Crippen LogP) is -0.0629. The summed E-state index contributed by atoms with van der Waals surface area (Å²) in [4.78, 5) is 70.7. The Morgan fingerprint density at radius 2 is 1.35 bits per heavy atom. The van der Waals surface area contributed by atoms with Crippen molar-refractivity contribution in [1.82, 2.24) is 31.6 Å². The van der Waals surface area contributed by atoms with Crippen LogP contribution >= 0.6 is 11.3 Å². The number of aromatic nitrogens is 1. The number of aliphatic hydroxyl groups is 2. The predicted molar refractivity (Wildman–Crippen MR) is 159 cm³/mol. The number of benzene rings is 1. The molecule has 0 radical (unpaired) electrons. The Morgan fingerprint density at radius 3 is 1.93 bits per heavy atom. The van der Waals surface area contributed by atoms with Gasteiger partial charge in [0.2, 0.25) is 23.6 Å². The van der Waals surface area contributed by atoms with Gasteiger partial charge in [0.1, 0.15) is 34.9 Å². The maximum atomic E-state index is 13.6. The first-order valence-corrected chi connectivity index (χ1v) is 15.1. The molecule has 1 aliphatic heterocycles. The fourth-order valence-corrected chi connectivity index (χ4v) is 5.44. The van der Waals surface area contributed by atoms with Crippen LogP contribution in [-0.4, -0.2) is 81.1 Å². The van der Waals surface area contributed by atoms with Crippen LogP contribution in [0.4, 0.5) is 0 Å². The highest BCUT2D eigenvalue weighted by molar-refractivity contribution is 7.09. The van der Waals surface area contributed by atoms with E-state index in [4.69, 9.17) is 0 Å². The van der Waals surface area contributed by atoms with Gasteiger partial charge in [-0.25, -0.2) is 4.98 Å². The number of hydrogen-bond donors (Lipinski definition) is 7. The van der Waals surface area contributed by atoms with Gasteiger partial charge in [0.25, 0.3) is 5.91 Å². The second kappa shape index (κ2) is 15.0. The normalized spacial score (nSPS) is 26.4. The molecule has 5 amide bonds. The Kier molecular flexibility index (Phi) is 11.7. The van der Waals surface area contributed by atoms with Crippen LogP contribution in [0.25, 0.3) is 0 Å². The first kappa shape index (κ1) is 33.6. The van der Waals surface area contributed by atoms with Crippen molar-refractivity contribution in [3.05, 3.63) is 52.0 Å². The van der Waals surface area contributed by atoms with E-state index in [2.05, 4.69) is 31.6 Å². The number of nitrogens with zero attached hydrogens (tertiary/aromatic N) is 1. The van der Waals surface area contributed by atoms with E-state index < -0.39 is 72.0 Å². The smallest absolute Gasteiger partial charge is 0.271 e. The molecule has 2 aromatic rings. The van der Waals surface area contributed by atoms with Crippen molar-refractivity contribution in [1.29, 1.82) is 0 Å². The van der Waals surface area contributed by atoms with Gasteiger partial charge in [0.05, 0.1) is 18.2 Å². The molecule has 0 spiro atoms. The number of fused-ring (bicyclic) bond motifs is 2. The molecule has 1 aromatic carbocycles. The largest absolute Gasteiger partial charge is 0.391 e. The lowest BCUT2D eigenvalue weighted by atomic mass is 9.98. The lowest BCUT2D eigenvalue weighted by Crippen LogP contribution is -2.61. The van der Waals surface area contributed by atoms with E-state index in [-0.39, 0.29) is 18.0 Å². The number of hydrogen-bond acceptors (Lipinski definition) is 9. The first-order valence-electron chi connectivity index (χ1n) is 14.2. The molecule has 1 aliphatic rings. The average Bonchev–Trinajstić information content (AvgIpc) is 3.46. The van der Waals surface area contributed by atoms with Crippen LogP contribution < -0.4 is 26.6 Å². The molecule has 234 valence electrons. The van der Waals surface area contributed by atoms with E-state index in [9.17, 15) is 34.2 Å². The summed E-state index contributed by atoms with van der Waals surface area (Å²) in [5.41, 5.74) is 0.714. The van der Waals surface area contributed by atoms with Gasteiger partial charge in [0.15, 0.2) is 0 Å². The van der Waals surface area contributed by atoms with Crippen LogP contribution in [0, 0.1) is 5.92 Å². The summed E-state index contributed by atoms with van der Waals surface area (Å²) >= 11 is 1.15. The van der Waals surface area contributed by atoms with Gasteiger partial charge in [0, 0.05) is 11.8 Å². The van der Waals surface area contributed by atoms with Crippen LogP contribution in [0.15, 0.2) is 35.7 Å². The van der Waals surface area contributed by atoms with E-state index in [1.54, 1.807) is 30.3 Å². The number of carbonyl (C=O) groups is 5. The summed E-state index contributed by atoms with van der Waals surface area (Å²) in [7, 11) is 0. The van der Waals surface area contributed by atoms with Crippen LogP contribution in [-0.2, 0) is 25.6 Å². The van der Waals surface area contributed by atoms with Crippen LogP contribution in [0.3, 0.4) is 0 Å². The monoisotopic (exact) mass is 616 g/mol. The highest BCUT2D eigenvalue weighted by atomic mass is 32.1. The molecule has 0 aliphatic carbocycles. The lowest BCUT2D eigenvalue weighted by molar-refractivity contribution is -0.136. The molecule has 8 atom stereocenters. The second-order valence-corrected chi connectivity index (χ2v) is 11.7.